The fourth-order valence-electron chi connectivity index (χ4n) is 2.24. The highest BCUT2D eigenvalue weighted by Crippen LogP contribution is 2.32. The number of carbonyl (C=O) groups is 1. The van der Waals surface area contributed by atoms with Gasteiger partial charge in [0.1, 0.15) is 18.9 Å². The second-order valence-corrected chi connectivity index (χ2v) is 4.69. The number of aliphatic hydroxyl groups is 1. The molecular formula is C14H20N2O4. The van der Waals surface area contributed by atoms with E-state index >= 15 is 0 Å². The third-order valence-corrected chi connectivity index (χ3v) is 3.19. The Labute approximate surface area is 118 Å². The fraction of sp³-hybridized carbons (Fsp3) is 0.500. The molecule has 0 aliphatic carbocycles. The number of ether oxygens (including phenoxy) is 1. The van der Waals surface area contributed by atoms with Gasteiger partial charge in [-0.3, -0.25) is 4.79 Å². The Balaban J connectivity index is 2.05. The van der Waals surface area contributed by atoms with E-state index in [1.54, 1.807) is 0 Å². The van der Waals surface area contributed by atoms with Crippen molar-refractivity contribution in [1.82, 2.24) is 5.32 Å². The minimum Gasteiger partial charge on any atom is -0.490 e. The van der Waals surface area contributed by atoms with Gasteiger partial charge in [0.05, 0.1) is 18.8 Å². The molecule has 0 unspecified atom stereocenters. The van der Waals surface area contributed by atoms with E-state index in [0.29, 0.717) is 19.7 Å². The van der Waals surface area contributed by atoms with Crippen molar-refractivity contribution < 1.29 is 19.7 Å². The maximum atomic E-state index is 10.9. The van der Waals surface area contributed by atoms with Crippen LogP contribution in [0.3, 0.4) is 0 Å². The van der Waals surface area contributed by atoms with Gasteiger partial charge in [0.2, 0.25) is 0 Å². The summed E-state index contributed by atoms with van der Waals surface area (Å²) in [5.41, 5.74) is 1.97. The molecule has 0 saturated heterocycles. The minimum atomic E-state index is -0.840. The molecule has 0 radical (unpaired) electrons. The van der Waals surface area contributed by atoms with Crippen LogP contribution in [0.5, 0.6) is 5.75 Å². The lowest BCUT2D eigenvalue weighted by molar-refractivity contribution is -0.135. The van der Waals surface area contributed by atoms with Gasteiger partial charge in [0.15, 0.2) is 0 Å². The van der Waals surface area contributed by atoms with Crippen molar-refractivity contribution >= 4 is 11.7 Å². The number of aliphatic carboxylic acids is 1. The average molecular weight is 280 g/mol. The van der Waals surface area contributed by atoms with Crippen LogP contribution in [-0.2, 0) is 11.2 Å². The number of hydrogen-bond donors (Lipinski definition) is 3. The van der Waals surface area contributed by atoms with Gasteiger partial charge in [0.25, 0.3) is 0 Å². The molecule has 0 fully saturated rings. The van der Waals surface area contributed by atoms with Crippen LogP contribution < -0.4 is 15.0 Å². The summed E-state index contributed by atoms with van der Waals surface area (Å²) in [6, 6.07) is 5.87. The largest absolute Gasteiger partial charge is 0.490 e. The van der Waals surface area contributed by atoms with E-state index in [0.717, 1.165) is 30.0 Å². The average Bonchev–Trinajstić information content (AvgIpc) is 2.43. The van der Waals surface area contributed by atoms with Crippen LogP contribution in [0.15, 0.2) is 18.2 Å². The van der Waals surface area contributed by atoms with Gasteiger partial charge in [0, 0.05) is 6.54 Å². The summed E-state index contributed by atoms with van der Waals surface area (Å²) in [5.74, 6) is -0.0996. The number of aliphatic hydroxyl groups excluding tert-OH is 1. The van der Waals surface area contributed by atoms with Crippen LogP contribution in [0.25, 0.3) is 0 Å². The second kappa shape index (κ2) is 7.12. The van der Waals surface area contributed by atoms with E-state index in [1.807, 2.05) is 23.1 Å². The van der Waals surface area contributed by atoms with Gasteiger partial charge in [-0.25, -0.2) is 0 Å². The first-order valence-electron chi connectivity index (χ1n) is 6.75. The van der Waals surface area contributed by atoms with Crippen molar-refractivity contribution in [3.8, 4) is 5.75 Å². The molecule has 1 aliphatic heterocycles. The maximum Gasteiger partial charge on any atom is 0.323 e. The number of hydrogen-bond acceptors (Lipinski definition) is 5. The van der Waals surface area contributed by atoms with Crippen molar-refractivity contribution in [2.75, 3.05) is 44.3 Å². The molecule has 6 nitrogen and oxygen atoms in total. The molecule has 0 aromatic heterocycles. The smallest absolute Gasteiger partial charge is 0.323 e. The lowest BCUT2D eigenvalue weighted by Gasteiger charge is -2.30. The zero-order chi connectivity index (χ0) is 14.4. The predicted octanol–water partition coefficient (Wildman–Crippen LogP) is 0.0944. The molecule has 0 saturated carbocycles. The molecule has 6 heteroatoms. The summed E-state index contributed by atoms with van der Waals surface area (Å²) >= 11 is 0. The predicted molar refractivity (Wildman–Crippen MR) is 75.4 cm³/mol. The van der Waals surface area contributed by atoms with E-state index in [-0.39, 0.29) is 13.2 Å². The molecule has 1 aliphatic rings. The van der Waals surface area contributed by atoms with E-state index < -0.39 is 5.97 Å². The fourth-order valence-corrected chi connectivity index (χ4v) is 2.24. The number of nitrogens with one attached hydrogen (secondary N) is 1. The lowest BCUT2D eigenvalue weighted by atomic mass is 10.1. The Bertz CT molecular complexity index is 464. The van der Waals surface area contributed by atoms with Crippen LogP contribution in [-0.4, -0.2) is 55.6 Å². The van der Waals surface area contributed by atoms with E-state index in [1.165, 1.54) is 0 Å². The van der Waals surface area contributed by atoms with Gasteiger partial charge >= 0.3 is 5.97 Å². The Morgan fingerprint density at radius 1 is 1.40 bits per heavy atom. The summed E-state index contributed by atoms with van der Waals surface area (Å²) < 4.78 is 5.55. The van der Waals surface area contributed by atoms with Crippen molar-refractivity contribution in [3.63, 3.8) is 0 Å². The molecular weight excluding hydrogens is 260 g/mol. The molecule has 0 spiro atoms. The number of nitrogens with zero attached hydrogens (tertiary/aromatic N) is 1. The van der Waals surface area contributed by atoms with Gasteiger partial charge in [-0.2, -0.15) is 0 Å². The number of anilines is 1. The Morgan fingerprint density at radius 2 is 2.25 bits per heavy atom. The van der Waals surface area contributed by atoms with Crippen molar-refractivity contribution in [2.24, 2.45) is 0 Å². The summed E-state index contributed by atoms with van der Waals surface area (Å²) in [6.45, 7) is 2.58. The van der Waals surface area contributed by atoms with Gasteiger partial charge < -0.3 is 25.2 Å². The van der Waals surface area contributed by atoms with Crippen LogP contribution >= 0.6 is 0 Å². The first-order valence-corrected chi connectivity index (χ1v) is 6.75. The van der Waals surface area contributed by atoms with Crippen LogP contribution in [0.2, 0.25) is 0 Å². The van der Waals surface area contributed by atoms with Gasteiger partial charge in [-0.1, -0.05) is 6.07 Å². The van der Waals surface area contributed by atoms with Crippen molar-refractivity contribution in [3.05, 3.63) is 23.8 Å². The highest BCUT2D eigenvalue weighted by atomic mass is 16.5. The summed E-state index contributed by atoms with van der Waals surface area (Å²) in [5, 5.41) is 20.8. The quantitative estimate of drug-likeness (QED) is 0.614. The number of carboxylic acids is 1. The normalized spacial score (nSPS) is 13.8. The molecule has 1 heterocycles. The number of rotatable bonds is 7. The highest BCUT2D eigenvalue weighted by molar-refractivity contribution is 5.75. The number of benzene rings is 1. The minimum absolute atomic E-state index is 0.0113. The van der Waals surface area contributed by atoms with Gasteiger partial charge in [-0.05, 0) is 30.7 Å². The molecule has 0 bridgehead atoms. The molecule has 0 amide bonds. The molecule has 1 aromatic carbocycles. The monoisotopic (exact) mass is 280 g/mol. The van der Waals surface area contributed by atoms with Crippen LogP contribution in [0.4, 0.5) is 5.69 Å². The van der Waals surface area contributed by atoms with E-state index in [9.17, 15) is 4.79 Å². The third-order valence-electron chi connectivity index (χ3n) is 3.19. The first kappa shape index (κ1) is 14.6. The van der Waals surface area contributed by atoms with Crippen molar-refractivity contribution in [1.29, 1.82) is 0 Å². The maximum absolute atomic E-state index is 10.9. The van der Waals surface area contributed by atoms with E-state index in [4.69, 9.17) is 14.9 Å². The Hall–Kier alpha value is -1.79. The van der Waals surface area contributed by atoms with E-state index in [2.05, 4.69) is 5.32 Å². The lowest BCUT2D eigenvalue weighted by Crippen LogP contribution is -2.36. The molecule has 3 N–H and O–H groups in total. The SMILES string of the molecule is O=C(O)CN1CCOc2ccc(CCNCCO)cc21. The van der Waals surface area contributed by atoms with Crippen LogP contribution in [0.1, 0.15) is 5.56 Å². The zero-order valence-corrected chi connectivity index (χ0v) is 11.3. The highest BCUT2D eigenvalue weighted by Gasteiger charge is 2.20. The molecule has 1 aromatic rings. The van der Waals surface area contributed by atoms with Crippen LogP contribution in [0, 0.1) is 0 Å². The topological polar surface area (TPSA) is 82.0 Å². The summed E-state index contributed by atoms with van der Waals surface area (Å²) in [7, 11) is 0. The van der Waals surface area contributed by atoms with Crippen molar-refractivity contribution in [2.45, 2.75) is 6.42 Å². The summed E-state index contributed by atoms with van der Waals surface area (Å²) in [6.07, 6.45) is 0.828. The Kier molecular flexibility index (Phi) is 5.20. The second-order valence-electron chi connectivity index (χ2n) is 4.69. The standard InChI is InChI=1S/C14H20N2O4/c17-7-5-15-4-3-11-1-2-13-12(9-11)16(6-8-20-13)10-14(18)19/h1-2,9,15,17H,3-8,10H2,(H,18,19). The first-order chi connectivity index (χ1) is 9.70. The summed E-state index contributed by atoms with van der Waals surface area (Å²) in [4.78, 5) is 12.7. The molecule has 20 heavy (non-hydrogen) atoms. The molecule has 2 rings (SSSR count). The number of fused-ring (bicyclic) bond motifs is 1. The third kappa shape index (κ3) is 3.85. The molecule has 110 valence electrons. The van der Waals surface area contributed by atoms with Gasteiger partial charge in [-0.15, -0.1) is 0 Å². The number of carboxylic acid groups (broad SMARTS) is 1. The zero-order valence-electron chi connectivity index (χ0n) is 11.3. The molecule has 0 atom stereocenters. The Morgan fingerprint density at radius 3 is 3.00 bits per heavy atom.